The monoisotopic (exact) mass is 471 g/mol. The van der Waals surface area contributed by atoms with Crippen molar-refractivity contribution in [2.45, 2.75) is 92.9 Å². The van der Waals surface area contributed by atoms with Crippen molar-refractivity contribution in [1.29, 1.82) is 0 Å². The van der Waals surface area contributed by atoms with Crippen LogP contribution in [-0.2, 0) is 14.3 Å². The van der Waals surface area contributed by atoms with Gasteiger partial charge < -0.3 is 33.2 Å². The summed E-state index contributed by atoms with van der Waals surface area (Å²) in [6.07, 6.45) is 11.1. The quantitative estimate of drug-likeness (QED) is 0.190. The smallest absolute Gasteiger partial charge is 0.310 e. The molecule has 4 nitrogen and oxygen atoms in total. The average molecular weight is 471 g/mol. The number of ether oxygens (including phenoxy) is 1. The lowest BCUT2D eigenvalue weighted by Crippen LogP contribution is -3.00. The molecular weight excluding hydrogens is 429 g/mol. The standard InChI is InChI=1S/C16H36N.C4H6O3.HI/c1-5-9-13-17(14-10-6-2,15-11-7-3)16-12-8-4;1-3(5)7-4(2)6;/h5-16H2,1-4H3;1-2H3;1H/q+1;;/p-1. The van der Waals surface area contributed by atoms with Crippen molar-refractivity contribution in [2.75, 3.05) is 26.2 Å². The van der Waals surface area contributed by atoms with Gasteiger partial charge in [-0.2, -0.15) is 0 Å². The Bertz CT molecular complexity index is 273. The van der Waals surface area contributed by atoms with Crippen molar-refractivity contribution in [3.63, 3.8) is 0 Å². The van der Waals surface area contributed by atoms with Crippen LogP contribution in [0.3, 0.4) is 0 Å². The van der Waals surface area contributed by atoms with Gasteiger partial charge in [0.1, 0.15) is 0 Å². The van der Waals surface area contributed by atoms with Crippen molar-refractivity contribution in [1.82, 2.24) is 0 Å². The molecule has 0 N–H and O–H groups in total. The Labute approximate surface area is 173 Å². The Balaban J connectivity index is -0.000000513. The molecule has 0 aliphatic heterocycles. The fraction of sp³-hybridized carbons (Fsp3) is 0.900. The zero-order valence-corrected chi connectivity index (χ0v) is 19.7. The molecular formula is C20H42INO3. The molecule has 0 atom stereocenters. The van der Waals surface area contributed by atoms with Gasteiger partial charge in [-0.15, -0.1) is 0 Å². The van der Waals surface area contributed by atoms with Gasteiger partial charge in [-0.25, -0.2) is 0 Å². The number of esters is 2. The Hall–Kier alpha value is -0.170. The molecule has 0 amide bonds. The Morgan fingerprint density at radius 2 is 0.880 bits per heavy atom. The van der Waals surface area contributed by atoms with Crippen LogP contribution in [0.5, 0.6) is 0 Å². The summed E-state index contributed by atoms with van der Waals surface area (Å²) in [6, 6.07) is 0. The van der Waals surface area contributed by atoms with Crippen LogP contribution in [0, 0.1) is 0 Å². The van der Waals surface area contributed by atoms with Gasteiger partial charge in [0.05, 0.1) is 26.2 Å². The number of carbonyl (C=O) groups is 2. The molecule has 0 aromatic carbocycles. The summed E-state index contributed by atoms with van der Waals surface area (Å²) in [5.41, 5.74) is 0. The minimum Gasteiger partial charge on any atom is -1.00 e. The van der Waals surface area contributed by atoms with Gasteiger partial charge in [0.25, 0.3) is 0 Å². The number of halogens is 1. The summed E-state index contributed by atoms with van der Waals surface area (Å²) in [4.78, 5) is 19.6. The SMILES string of the molecule is CC(=O)OC(C)=O.CCCC[N+](CCCC)(CCCC)CCCC.[I-]. The highest BCUT2D eigenvalue weighted by Crippen LogP contribution is 2.16. The first kappa shape index (κ1) is 29.6. The zero-order chi connectivity index (χ0) is 18.8. The first-order valence-corrected chi connectivity index (χ1v) is 9.91. The summed E-state index contributed by atoms with van der Waals surface area (Å²) >= 11 is 0. The van der Waals surface area contributed by atoms with E-state index < -0.39 is 11.9 Å². The van der Waals surface area contributed by atoms with Crippen molar-refractivity contribution in [2.24, 2.45) is 0 Å². The number of hydrogen-bond donors (Lipinski definition) is 0. The largest absolute Gasteiger partial charge is 1.00 e. The normalized spacial score (nSPS) is 10.3. The minimum atomic E-state index is -0.562. The number of rotatable bonds is 12. The van der Waals surface area contributed by atoms with Crippen LogP contribution in [0.2, 0.25) is 0 Å². The van der Waals surface area contributed by atoms with Crippen LogP contribution in [0.25, 0.3) is 0 Å². The lowest BCUT2D eigenvalue weighted by atomic mass is 10.1. The summed E-state index contributed by atoms with van der Waals surface area (Å²) in [6.45, 7) is 17.4. The maximum Gasteiger partial charge on any atom is 0.310 e. The lowest BCUT2D eigenvalue weighted by Gasteiger charge is -2.39. The highest BCUT2D eigenvalue weighted by atomic mass is 127. The van der Waals surface area contributed by atoms with Gasteiger partial charge in [0, 0.05) is 13.8 Å². The second kappa shape index (κ2) is 20.1. The Kier molecular flexibility index (Phi) is 23.8. The maximum atomic E-state index is 9.81. The number of quaternary nitrogens is 1. The first-order chi connectivity index (χ1) is 11.4. The van der Waals surface area contributed by atoms with E-state index in [1.165, 1.54) is 95.9 Å². The average Bonchev–Trinajstić information content (AvgIpc) is 2.53. The molecule has 0 rings (SSSR count). The van der Waals surface area contributed by atoms with Gasteiger partial charge in [0.15, 0.2) is 0 Å². The molecule has 5 heteroatoms. The van der Waals surface area contributed by atoms with Crippen molar-refractivity contribution >= 4 is 11.9 Å². The Morgan fingerprint density at radius 3 is 1.00 bits per heavy atom. The summed E-state index contributed by atoms with van der Waals surface area (Å²) in [5.74, 6) is -1.12. The third kappa shape index (κ3) is 20.0. The van der Waals surface area contributed by atoms with Crippen LogP contribution in [0.15, 0.2) is 0 Å². The molecule has 25 heavy (non-hydrogen) atoms. The van der Waals surface area contributed by atoms with Gasteiger partial charge >= 0.3 is 11.9 Å². The van der Waals surface area contributed by atoms with Crippen LogP contribution in [-0.4, -0.2) is 42.6 Å². The van der Waals surface area contributed by atoms with Crippen LogP contribution >= 0.6 is 0 Å². The van der Waals surface area contributed by atoms with E-state index in [4.69, 9.17) is 0 Å². The molecule has 0 bridgehead atoms. The topological polar surface area (TPSA) is 43.4 Å². The zero-order valence-electron chi connectivity index (χ0n) is 17.5. The van der Waals surface area contributed by atoms with E-state index in [9.17, 15) is 9.59 Å². The molecule has 0 unspecified atom stereocenters. The van der Waals surface area contributed by atoms with E-state index in [0.29, 0.717) is 0 Å². The Morgan fingerprint density at radius 1 is 0.640 bits per heavy atom. The number of carbonyl (C=O) groups excluding carboxylic acids is 2. The second-order valence-electron chi connectivity index (χ2n) is 6.74. The van der Waals surface area contributed by atoms with Crippen LogP contribution < -0.4 is 24.0 Å². The third-order valence-electron chi connectivity index (χ3n) is 4.23. The van der Waals surface area contributed by atoms with E-state index in [1.54, 1.807) is 0 Å². The predicted molar refractivity (Wildman–Crippen MR) is 102 cm³/mol. The van der Waals surface area contributed by atoms with Crippen molar-refractivity contribution in [3.8, 4) is 0 Å². The molecule has 0 heterocycles. The fourth-order valence-corrected chi connectivity index (χ4v) is 2.85. The van der Waals surface area contributed by atoms with E-state index in [1.807, 2.05) is 0 Å². The maximum absolute atomic E-state index is 9.81. The number of hydrogen-bond acceptors (Lipinski definition) is 3. The fourth-order valence-electron chi connectivity index (χ4n) is 2.85. The number of unbranched alkanes of at least 4 members (excludes halogenated alkanes) is 4. The van der Waals surface area contributed by atoms with E-state index >= 15 is 0 Å². The van der Waals surface area contributed by atoms with E-state index in [-0.39, 0.29) is 24.0 Å². The molecule has 0 fully saturated rings. The first-order valence-electron chi connectivity index (χ1n) is 9.91. The summed E-state index contributed by atoms with van der Waals surface area (Å²) in [7, 11) is 0. The molecule has 152 valence electrons. The van der Waals surface area contributed by atoms with Gasteiger partial charge in [-0.3, -0.25) is 9.59 Å². The highest BCUT2D eigenvalue weighted by molar-refractivity contribution is 5.82. The third-order valence-corrected chi connectivity index (χ3v) is 4.23. The molecule has 0 saturated heterocycles. The second-order valence-corrected chi connectivity index (χ2v) is 6.74. The molecule has 0 aliphatic rings. The molecule has 0 aromatic rings. The molecule has 0 saturated carbocycles. The van der Waals surface area contributed by atoms with Crippen LogP contribution in [0.1, 0.15) is 92.9 Å². The van der Waals surface area contributed by atoms with E-state index in [2.05, 4.69) is 32.4 Å². The molecule has 0 spiro atoms. The summed E-state index contributed by atoms with van der Waals surface area (Å²) < 4.78 is 5.39. The van der Waals surface area contributed by atoms with Crippen LogP contribution in [0.4, 0.5) is 0 Å². The van der Waals surface area contributed by atoms with Gasteiger partial charge in [-0.05, 0) is 25.7 Å². The van der Waals surface area contributed by atoms with Gasteiger partial charge in [-0.1, -0.05) is 53.4 Å². The lowest BCUT2D eigenvalue weighted by molar-refractivity contribution is -0.929. The van der Waals surface area contributed by atoms with E-state index in [0.717, 1.165) is 0 Å². The molecule has 0 aliphatic carbocycles. The minimum absolute atomic E-state index is 0. The highest BCUT2D eigenvalue weighted by Gasteiger charge is 2.24. The summed E-state index contributed by atoms with van der Waals surface area (Å²) in [5, 5.41) is 0. The predicted octanol–water partition coefficient (Wildman–Crippen LogP) is 2.10. The molecule has 0 aromatic heterocycles. The van der Waals surface area contributed by atoms with Crippen molar-refractivity contribution < 1.29 is 42.8 Å². The number of nitrogens with zero attached hydrogens (tertiary/aromatic N) is 1. The van der Waals surface area contributed by atoms with Crippen molar-refractivity contribution in [3.05, 3.63) is 0 Å². The van der Waals surface area contributed by atoms with Gasteiger partial charge in [0.2, 0.25) is 0 Å². The molecule has 0 radical (unpaired) electrons.